The van der Waals surface area contributed by atoms with Crippen molar-refractivity contribution < 1.29 is 8.42 Å². The fourth-order valence-electron chi connectivity index (χ4n) is 2.22. The minimum absolute atomic E-state index is 0.290. The Bertz CT molecular complexity index is 336. The highest BCUT2D eigenvalue weighted by molar-refractivity contribution is 7.89. The van der Waals surface area contributed by atoms with Gasteiger partial charge in [0, 0.05) is 26.2 Å². The molecule has 19 heavy (non-hydrogen) atoms. The fourth-order valence-corrected chi connectivity index (χ4v) is 3.97. The van der Waals surface area contributed by atoms with Gasteiger partial charge in [0.05, 0.1) is 5.75 Å². The summed E-state index contributed by atoms with van der Waals surface area (Å²) in [4.78, 5) is 2.34. The Morgan fingerprint density at radius 2 is 1.74 bits per heavy atom. The van der Waals surface area contributed by atoms with Gasteiger partial charge in [-0.1, -0.05) is 13.8 Å². The van der Waals surface area contributed by atoms with Gasteiger partial charge in [0.1, 0.15) is 0 Å². The number of hydrogen-bond acceptors (Lipinski definition) is 4. The van der Waals surface area contributed by atoms with Crippen LogP contribution >= 0.6 is 0 Å². The maximum absolute atomic E-state index is 12.1. The molecule has 0 saturated carbocycles. The Morgan fingerprint density at radius 3 is 2.26 bits per heavy atom. The molecule has 1 saturated heterocycles. The summed E-state index contributed by atoms with van der Waals surface area (Å²) in [5, 5.41) is 0. The third kappa shape index (κ3) is 6.21. The summed E-state index contributed by atoms with van der Waals surface area (Å²) in [6, 6.07) is 0. The Labute approximate surface area is 118 Å². The first-order valence-electron chi connectivity index (χ1n) is 7.36. The molecule has 0 aromatic rings. The van der Waals surface area contributed by atoms with Gasteiger partial charge in [0.15, 0.2) is 0 Å². The quantitative estimate of drug-likeness (QED) is 0.669. The summed E-state index contributed by atoms with van der Waals surface area (Å²) in [7, 11) is -3.04. The van der Waals surface area contributed by atoms with Gasteiger partial charge in [-0.15, -0.1) is 0 Å². The molecule has 2 N–H and O–H groups in total. The van der Waals surface area contributed by atoms with Crippen LogP contribution in [-0.4, -0.2) is 62.6 Å². The second-order valence-corrected chi connectivity index (χ2v) is 7.82. The number of sulfonamides is 1. The summed E-state index contributed by atoms with van der Waals surface area (Å²) in [5.74, 6) is 0.727. The van der Waals surface area contributed by atoms with Gasteiger partial charge in [-0.25, -0.2) is 8.42 Å². The molecule has 0 radical (unpaired) electrons. The van der Waals surface area contributed by atoms with Gasteiger partial charge in [0.2, 0.25) is 10.0 Å². The van der Waals surface area contributed by atoms with Gasteiger partial charge in [0.25, 0.3) is 0 Å². The lowest BCUT2D eigenvalue weighted by Crippen LogP contribution is -2.49. The van der Waals surface area contributed by atoms with E-state index in [1.807, 2.05) is 0 Å². The average molecular weight is 291 g/mol. The zero-order chi connectivity index (χ0) is 14.3. The van der Waals surface area contributed by atoms with Crippen LogP contribution in [0.5, 0.6) is 0 Å². The number of rotatable bonds is 8. The number of hydrogen-bond donors (Lipinski definition) is 1. The van der Waals surface area contributed by atoms with E-state index in [9.17, 15) is 8.42 Å². The summed E-state index contributed by atoms with van der Waals surface area (Å²) in [6.45, 7) is 8.89. The molecule has 114 valence electrons. The molecule has 1 rings (SSSR count). The van der Waals surface area contributed by atoms with E-state index in [1.165, 1.54) is 0 Å². The Hall–Kier alpha value is -0.170. The molecule has 5 nitrogen and oxygen atoms in total. The van der Waals surface area contributed by atoms with Crippen molar-refractivity contribution >= 4 is 10.0 Å². The first-order valence-corrected chi connectivity index (χ1v) is 8.97. The van der Waals surface area contributed by atoms with E-state index in [-0.39, 0.29) is 5.75 Å². The van der Waals surface area contributed by atoms with Crippen LogP contribution in [0.2, 0.25) is 0 Å². The molecule has 1 heterocycles. The molecule has 1 fully saturated rings. The molecule has 0 bridgehead atoms. The van der Waals surface area contributed by atoms with E-state index >= 15 is 0 Å². The first-order chi connectivity index (χ1) is 8.95. The SMILES string of the molecule is CC(C)CCS(=O)(=O)N1CCN(CCCCN)CC1. The van der Waals surface area contributed by atoms with E-state index in [1.54, 1.807) is 4.31 Å². The van der Waals surface area contributed by atoms with E-state index in [2.05, 4.69) is 18.7 Å². The number of nitrogens with two attached hydrogens (primary N) is 1. The topological polar surface area (TPSA) is 66.6 Å². The number of piperazine rings is 1. The number of unbranched alkanes of at least 4 members (excludes halogenated alkanes) is 1. The molecule has 0 aromatic heterocycles. The van der Waals surface area contributed by atoms with Crippen molar-refractivity contribution in [2.45, 2.75) is 33.1 Å². The van der Waals surface area contributed by atoms with E-state index in [0.717, 1.165) is 45.4 Å². The van der Waals surface area contributed by atoms with Crippen LogP contribution in [0.4, 0.5) is 0 Å². The van der Waals surface area contributed by atoms with E-state index in [0.29, 0.717) is 19.0 Å². The van der Waals surface area contributed by atoms with Gasteiger partial charge >= 0.3 is 0 Å². The minimum Gasteiger partial charge on any atom is -0.330 e. The highest BCUT2D eigenvalue weighted by Gasteiger charge is 2.26. The van der Waals surface area contributed by atoms with Crippen LogP contribution in [0, 0.1) is 5.92 Å². The predicted octanol–water partition coefficient (Wildman–Crippen LogP) is 0.719. The van der Waals surface area contributed by atoms with Gasteiger partial charge in [-0.05, 0) is 38.3 Å². The zero-order valence-corrected chi connectivity index (χ0v) is 13.2. The van der Waals surface area contributed by atoms with Crippen LogP contribution in [0.1, 0.15) is 33.1 Å². The van der Waals surface area contributed by atoms with Crippen LogP contribution in [-0.2, 0) is 10.0 Å². The van der Waals surface area contributed by atoms with Crippen molar-refractivity contribution in [2.24, 2.45) is 11.7 Å². The van der Waals surface area contributed by atoms with Crippen molar-refractivity contribution in [1.82, 2.24) is 9.21 Å². The van der Waals surface area contributed by atoms with E-state index in [4.69, 9.17) is 5.73 Å². The lowest BCUT2D eigenvalue weighted by Gasteiger charge is -2.34. The third-order valence-corrected chi connectivity index (χ3v) is 5.51. The molecular formula is C13H29N3O2S. The maximum atomic E-state index is 12.1. The largest absolute Gasteiger partial charge is 0.330 e. The summed E-state index contributed by atoms with van der Waals surface area (Å²) < 4.78 is 26.0. The third-order valence-electron chi connectivity index (χ3n) is 3.61. The minimum atomic E-state index is -3.04. The molecule has 0 unspecified atom stereocenters. The molecule has 0 aliphatic carbocycles. The van der Waals surface area contributed by atoms with Crippen LogP contribution in [0.25, 0.3) is 0 Å². The fraction of sp³-hybridized carbons (Fsp3) is 1.00. The summed E-state index contributed by atoms with van der Waals surface area (Å²) in [6.07, 6.45) is 2.91. The van der Waals surface area contributed by atoms with Gasteiger partial charge in [-0.2, -0.15) is 4.31 Å². The van der Waals surface area contributed by atoms with Crippen molar-refractivity contribution in [3.8, 4) is 0 Å². The standard InChI is InChI=1S/C13H29N3O2S/c1-13(2)5-12-19(17,18)16-10-8-15(9-11-16)7-4-3-6-14/h13H,3-12,14H2,1-2H3. The van der Waals surface area contributed by atoms with Crippen LogP contribution in [0.3, 0.4) is 0 Å². The molecule has 1 aliphatic rings. The summed E-state index contributed by atoms with van der Waals surface area (Å²) in [5.41, 5.74) is 5.47. The molecule has 1 aliphatic heterocycles. The second-order valence-electron chi connectivity index (χ2n) is 5.74. The molecule has 0 spiro atoms. The van der Waals surface area contributed by atoms with Gasteiger partial charge in [-0.3, -0.25) is 0 Å². The van der Waals surface area contributed by atoms with Crippen LogP contribution < -0.4 is 5.73 Å². The lowest BCUT2D eigenvalue weighted by molar-refractivity contribution is 0.186. The molecule has 0 atom stereocenters. The van der Waals surface area contributed by atoms with Crippen molar-refractivity contribution in [1.29, 1.82) is 0 Å². The van der Waals surface area contributed by atoms with Crippen molar-refractivity contribution in [3.63, 3.8) is 0 Å². The Balaban J connectivity index is 2.32. The highest BCUT2D eigenvalue weighted by atomic mass is 32.2. The summed E-state index contributed by atoms with van der Waals surface area (Å²) >= 11 is 0. The Morgan fingerprint density at radius 1 is 1.11 bits per heavy atom. The first kappa shape index (κ1) is 16.9. The van der Waals surface area contributed by atoms with Crippen molar-refractivity contribution in [2.75, 3.05) is 45.0 Å². The predicted molar refractivity (Wildman–Crippen MR) is 79.5 cm³/mol. The van der Waals surface area contributed by atoms with Gasteiger partial charge < -0.3 is 10.6 Å². The molecule has 6 heteroatoms. The molecular weight excluding hydrogens is 262 g/mol. The molecule has 0 aromatic carbocycles. The highest BCUT2D eigenvalue weighted by Crippen LogP contribution is 2.12. The average Bonchev–Trinajstić information content (AvgIpc) is 2.37. The Kier molecular flexibility index (Phi) is 7.28. The van der Waals surface area contributed by atoms with Crippen molar-refractivity contribution in [3.05, 3.63) is 0 Å². The smallest absolute Gasteiger partial charge is 0.214 e. The monoisotopic (exact) mass is 291 g/mol. The second kappa shape index (κ2) is 8.19. The van der Waals surface area contributed by atoms with E-state index < -0.39 is 10.0 Å². The maximum Gasteiger partial charge on any atom is 0.214 e. The molecule has 0 amide bonds. The lowest BCUT2D eigenvalue weighted by atomic mass is 10.2. The number of nitrogens with zero attached hydrogens (tertiary/aromatic N) is 2. The van der Waals surface area contributed by atoms with Crippen LogP contribution in [0.15, 0.2) is 0 Å². The normalized spacial score (nSPS) is 19.2. The zero-order valence-electron chi connectivity index (χ0n) is 12.3.